The number of rotatable bonds is 3. The van der Waals surface area contributed by atoms with Gasteiger partial charge in [-0.2, -0.15) is 0 Å². The van der Waals surface area contributed by atoms with Crippen molar-refractivity contribution in [3.05, 3.63) is 12.1 Å². The van der Waals surface area contributed by atoms with Gasteiger partial charge in [-0.05, 0) is 30.9 Å². The van der Waals surface area contributed by atoms with E-state index in [-0.39, 0.29) is 5.75 Å². The summed E-state index contributed by atoms with van der Waals surface area (Å²) < 4.78 is 0. The van der Waals surface area contributed by atoms with Crippen LogP contribution in [0.5, 0.6) is 5.75 Å². The van der Waals surface area contributed by atoms with Crippen LogP contribution < -0.4 is 0 Å². The molecular weight excluding hydrogens is 220 g/mol. The summed E-state index contributed by atoms with van der Waals surface area (Å²) in [5.74, 6) is 0.165. The van der Waals surface area contributed by atoms with Gasteiger partial charge in [-0.25, -0.2) is 0 Å². The van der Waals surface area contributed by atoms with Crippen molar-refractivity contribution in [3.8, 4) is 5.75 Å². The first-order valence-electron chi connectivity index (χ1n) is 3.70. The van der Waals surface area contributed by atoms with Gasteiger partial charge >= 0.3 is 0 Å². The highest BCUT2D eigenvalue weighted by atomic mass is 32.2. The lowest BCUT2D eigenvalue weighted by molar-refractivity contribution is 0.333. The van der Waals surface area contributed by atoms with Crippen LogP contribution in [-0.4, -0.2) is 18.8 Å². The zero-order valence-electron chi connectivity index (χ0n) is 7.79. The van der Waals surface area contributed by atoms with Crippen molar-refractivity contribution < 1.29 is 5.11 Å². The summed E-state index contributed by atoms with van der Waals surface area (Å²) in [6.45, 7) is 0. The van der Waals surface area contributed by atoms with Crippen LogP contribution in [-0.2, 0) is 5.11 Å². The summed E-state index contributed by atoms with van der Waals surface area (Å²) >= 11 is 4.70. The van der Waals surface area contributed by atoms with Crippen molar-refractivity contribution in [2.75, 3.05) is 18.8 Å². The van der Waals surface area contributed by atoms with Gasteiger partial charge in [0.25, 0.3) is 0 Å². The zero-order chi connectivity index (χ0) is 9.84. The normalized spacial score (nSPS) is 10.4. The highest BCUT2D eigenvalue weighted by molar-refractivity contribution is 8.00. The molecule has 1 rings (SSSR count). The first kappa shape index (κ1) is 11.1. The number of thioether (sulfide) groups is 3. The first-order valence-corrected chi connectivity index (χ1v) is 7.37. The highest BCUT2D eigenvalue weighted by Gasteiger charge is 2.09. The smallest absolute Gasteiger partial charge is 0.205 e. The van der Waals surface area contributed by atoms with Gasteiger partial charge in [0.2, 0.25) is 5.75 Å². The van der Waals surface area contributed by atoms with Crippen molar-refractivity contribution in [2.45, 2.75) is 14.7 Å². The second kappa shape index (κ2) is 5.08. The molecule has 0 atom stereocenters. The van der Waals surface area contributed by atoms with Crippen molar-refractivity contribution in [3.63, 3.8) is 0 Å². The molecule has 0 bridgehead atoms. The molecule has 4 heteroatoms. The van der Waals surface area contributed by atoms with Crippen molar-refractivity contribution in [1.29, 1.82) is 0 Å². The van der Waals surface area contributed by atoms with E-state index in [1.54, 1.807) is 11.8 Å². The average Bonchev–Trinajstić information content (AvgIpc) is 2.18. The quantitative estimate of drug-likeness (QED) is 0.733. The fourth-order valence-corrected chi connectivity index (χ4v) is 2.74. The number of benzene rings is 1. The molecule has 0 N–H and O–H groups in total. The minimum absolute atomic E-state index is 0.165. The Morgan fingerprint density at radius 2 is 1.38 bits per heavy atom. The zero-order valence-corrected chi connectivity index (χ0v) is 10.2. The second-order valence-corrected chi connectivity index (χ2v) is 4.94. The van der Waals surface area contributed by atoms with Gasteiger partial charge in [0.1, 0.15) is 0 Å². The molecule has 0 fully saturated rings. The molecule has 1 radical (unpaired) electrons. The van der Waals surface area contributed by atoms with Crippen LogP contribution in [0.1, 0.15) is 0 Å². The molecule has 0 aliphatic heterocycles. The van der Waals surface area contributed by atoms with E-state index in [2.05, 4.69) is 0 Å². The minimum atomic E-state index is 0.165. The van der Waals surface area contributed by atoms with Gasteiger partial charge in [0, 0.05) is 4.90 Å². The van der Waals surface area contributed by atoms with Gasteiger partial charge in [0.05, 0.1) is 9.79 Å². The topological polar surface area (TPSA) is 19.9 Å². The standard InChI is InChI=1S/C9H11OS3/c1-11-6-4-7(12-2)9(10)8(5-6)13-3/h4-5H,1-3H3. The van der Waals surface area contributed by atoms with E-state index >= 15 is 0 Å². The number of hydrogen-bond acceptors (Lipinski definition) is 3. The summed E-state index contributed by atoms with van der Waals surface area (Å²) in [6.07, 6.45) is 5.89. The van der Waals surface area contributed by atoms with Gasteiger partial charge < -0.3 is 0 Å². The summed E-state index contributed by atoms with van der Waals surface area (Å²) in [7, 11) is 0. The van der Waals surface area contributed by atoms with E-state index in [1.165, 1.54) is 23.5 Å². The Balaban J connectivity index is 3.20. The molecule has 71 valence electrons. The molecule has 0 aliphatic carbocycles. The molecule has 1 aromatic rings. The Morgan fingerprint density at radius 3 is 1.69 bits per heavy atom. The first-order chi connectivity index (χ1) is 6.22. The second-order valence-electron chi connectivity index (χ2n) is 2.36. The third-order valence-corrected chi connectivity index (χ3v) is 3.86. The molecule has 0 unspecified atom stereocenters. The van der Waals surface area contributed by atoms with E-state index in [9.17, 15) is 5.11 Å². The summed E-state index contributed by atoms with van der Waals surface area (Å²) in [5, 5.41) is 11.6. The molecule has 1 nitrogen and oxygen atoms in total. The molecule has 0 heterocycles. The predicted octanol–water partition coefficient (Wildman–Crippen LogP) is 4.00. The Kier molecular flexibility index (Phi) is 4.35. The van der Waals surface area contributed by atoms with Crippen molar-refractivity contribution >= 4 is 35.3 Å². The van der Waals surface area contributed by atoms with E-state index < -0.39 is 0 Å². The molecule has 0 saturated carbocycles. The molecule has 13 heavy (non-hydrogen) atoms. The Bertz CT molecular complexity index is 274. The SMILES string of the molecule is CSc1cc(SC)c([O])c(SC)c1. The number of hydrogen-bond donors (Lipinski definition) is 0. The van der Waals surface area contributed by atoms with Crippen molar-refractivity contribution in [2.24, 2.45) is 0 Å². The van der Waals surface area contributed by atoms with E-state index in [0.717, 1.165) is 14.7 Å². The lowest BCUT2D eigenvalue weighted by Gasteiger charge is -2.06. The predicted molar refractivity (Wildman–Crippen MR) is 61.9 cm³/mol. The minimum Gasteiger partial charge on any atom is -0.287 e. The molecule has 0 saturated heterocycles. The van der Waals surface area contributed by atoms with Crippen LogP contribution in [0.15, 0.2) is 26.8 Å². The van der Waals surface area contributed by atoms with E-state index in [4.69, 9.17) is 0 Å². The summed E-state index contributed by atoms with van der Waals surface area (Å²) in [6, 6.07) is 3.91. The van der Waals surface area contributed by atoms with Gasteiger partial charge in [-0.3, -0.25) is 5.11 Å². The average molecular weight is 231 g/mol. The van der Waals surface area contributed by atoms with Gasteiger partial charge in [0.15, 0.2) is 0 Å². The molecular formula is C9H11OS3. The van der Waals surface area contributed by atoms with Crippen LogP contribution in [0.4, 0.5) is 0 Å². The molecule has 0 aliphatic rings. The lowest BCUT2D eigenvalue weighted by Crippen LogP contribution is -1.79. The maximum atomic E-state index is 11.6. The summed E-state index contributed by atoms with van der Waals surface area (Å²) in [5.41, 5.74) is 0. The molecule has 0 aromatic heterocycles. The largest absolute Gasteiger partial charge is 0.287 e. The van der Waals surface area contributed by atoms with E-state index in [1.807, 2.05) is 30.9 Å². The maximum absolute atomic E-state index is 11.6. The van der Waals surface area contributed by atoms with Gasteiger partial charge in [-0.1, -0.05) is 0 Å². The van der Waals surface area contributed by atoms with Crippen LogP contribution in [0.3, 0.4) is 0 Å². The third kappa shape index (κ3) is 2.51. The van der Waals surface area contributed by atoms with Crippen LogP contribution >= 0.6 is 35.3 Å². The molecule has 0 amide bonds. The Morgan fingerprint density at radius 1 is 0.923 bits per heavy atom. The molecule has 1 aromatic carbocycles. The fraction of sp³-hybridized carbons (Fsp3) is 0.333. The fourth-order valence-electron chi connectivity index (χ4n) is 0.974. The Hall–Kier alpha value is 0.0700. The summed E-state index contributed by atoms with van der Waals surface area (Å²) in [4.78, 5) is 2.85. The van der Waals surface area contributed by atoms with Crippen LogP contribution in [0.2, 0.25) is 0 Å². The Labute approximate surface area is 91.7 Å². The van der Waals surface area contributed by atoms with Crippen LogP contribution in [0, 0.1) is 0 Å². The van der Waals surface area contributed by atoms with Gasteiger partial charge in [-0.15, -0.1) is 35.3 Å². The maximum Gasteiger partial charge on any atom is 0.205 e. The van der Waals surface area contributed by atoms with Crippen molar-refractivity contribution in [1.82, 2.24) is 0 Å². The molecule has 0 spiro atoms. The highest BCUT2D eigenvalue weighted by Crippen LogP contribution is 2.39. The van der Waals surface area contributed by atoms with Crippen LogP contribution in [0.25, 0.3) is 0 Å². The monoisotopic (exact) mass is 231 g/mol. The lowest BCUT2D eigenvalue weighted by atomic mass is 10.3. The third-order valence-electron chi connectivity index (χ3n) is 1.67. The van der Waals surface area contributed by atoms with E-state index in [0.29, 0.717) is 0 Å².